The van der Waals surface area contributed by atoms with Gasteiger partial charge in [-0.15, -0.1) is 0 Å². The molecule has 0 saturated carbocycles. The lowest BCUT2D eigenvalue weighted by Gasteiger charge is -2.16. The number of fused-ring (bicyclic) bond motifs is 1. The first-order valence-electron chi connectivity index (χ1n) is 6.87. The molecule has 0 aliphatic rings. The first-order valence-corrected chi connectivity index (χ1v) is 8.49. The van der Waals surface area contributed by atoms with Crippen LogP contribution in [0.3, 0.4) is 0 Å². The van der Waals surface area contributed by atoms with Crippen molar-refractivity contribution in [2.45, 2.75) is 38.5 Å². The Morgan fingerprint density at radius 1 is 1.38 bits per heavy atom. The molecular weight excluding hydrogens is 288 g/mol. The molecule has 0 aliphatic carbocycles. The van der Waals surface area contributed by atoms with Crippen LogP contribution in [0.4, 0.5) is 0 Å². The molecule has 0 bridgehead atoms. The van der Waals surface area contributed by atoms with Crippen LogP contribution in [0.15, 0.2) is 18.2 Å². The van der Waals surface area contributed by atoms with Crippen LogP contribution in [-0.4, -0.2) is 36.3 Å². The number of carbonyl (C=O) groups is 1. The smallest absolute Gasteiger partial charge is 0.337 e. The normalized spacial score (nSPS) is 14.5. The van der Waals surface area contributed by atoms with E-state index in [1.54, 1.807) is 18.4 Å². The van der Waals surface area contributed by atoms with Gasteiger partial charge in [-0.25, -0.2) is 9.78 Å². The van der Waals surface area contributed by atoms with E-state index in [1.807, 2.05) is 31.4 Å². The van der Waals surface area contributed by atoms with Crippen LogP contribution in [0.25, 0.3) is 11.0 Å². The zero-order valence-electron chi connectivity index (χ0n) is 12.7. The van der Waals surface area contributed by atoms with Gasteiger partial charge in [-0.1, -0.05) is 19.9 Å². The first-order chi connectivity index (χ1) is 9.82. The number of nitrogens with zero attached hydrogens (tertiary/aromatic N) is 2. The van der Waals surface area contributed by atoms with Gasteiger partial charge in [0, 0.05) is 34.8 Å². The number of carboxylic acids is 1. The summed E-state index contributed by atoms with van der Waals surface area (Å²) in [7, 11) is -0.973. The van der Waals surface area contributed by atoms with E-state index in [0.29, 0.717) is 17.6 Å². The number of imidazole rings is 1. The fourth-order valence-corrected chi connectivity index (χ4v) is 2.72. The Hall–Kier alpha value is -1.69. The second kappa shape index (κ2) is 5.97. The highest BCUT2D eigenvalue weighted by Gasteiger charge is 2.21. The Bertz CT molecular complexity index is 706. The van der Waals surface area contributed by atoms with E-state index in [4.69, 9.17) is 0 Å². The van der Waals surface area contributed by atoms with Gasteiger partial charge in [-0.05, 0) is 19.1 Å². The largest absolute Gasteiger partial charge is 0.478 e. The number of rotatable bonds is 5. The summed E-state index contributed by atoms with van der Waals surface area (Å²) in [5.41, 5.74) is 1.53. The molecule has 1 aromatic heterocycles. The fourth-order valence-electron chi connectivity index (χ4n) is 2.36. The third-order valence-corrected chi connectivity index (χ3v) is 4.83. The number of hydrogen-bond donors (Lipinski definition) is 1. The number of benzene rings is 1. The summed E-state index contributed by atoms with van der Waals surface area (Å²) in [4.78, 5) is 16.0. The summed E-state index contributed by atoms with van der Waals surface area (Å²) in [6, 6.07) is 5.10. The molecule has 1 N–H and O–H groups in total. The Morgan fingerprint density at radius 3 is 2.57 bits per heavy atom. The van der Waals surface area contributed by atoms with Crippen molar-refractivity contribution in [3.05, 3.63) is 29.6 Å². The lowest BCUT2D eigenvalue weighted by Crippen LogP contribution is -2.20. The zero-order valence-corrected chi connectivity index (χ0v) is 13.5. The minimum atomic E-state index is -0.973. The Labute approximate surface area is 126 Å². The molecule has 0 saturated heterocycles. The summed E-state index contributed by atoms with van der Waals surface area (Å²) in [5.74, 6) is 0.0230. The molecule has 2 aromatic rings. The average molecular weight is 308 g/mol. The van der Waals surface area contributed by atoms with Crippen molar-refractivity contribution < 1.29 is 14.1 Å². The van der Waals surface area contributed by atoms with Crippen LogP contribution in [-0.2, 0) is 17.3 Å². The Morgan fingerprint density at radius 2 is 2.05 bits per heavy atom. The Kier molecular flexibility index (Phi) is 4.46. The number of para-hydroxylation sites is 1. The van der Waals surface area contributed by atoms with Crippen LogP contribution in [0.5, 0.6) is 0 Å². The molecule has 0 radical (unpaired) electrons. The monoisotopic (exact) mass is 308 g/mol. The van der Waals surface area contributed by atoms with E-state index in [1.165, 1.54) is 0 Å². The second-order valence-electron chi connectivity index (χ2n) is 5.52. The van der Waals surface area contributed by atoms with Crippen molar-refractivity contribution in [3.63, 3.8) is 0 Å². The summed E-state index contributed by atoms with van der Waals surface area (Å²) in [6.45, 7) is 6.43. The highest BCUT2D eigenvalue weighted by atomic mass is 32.2. The molecular formula is C15H20N2O3S. The third kappa shape index (κ3) is 3.00. The minimum absolute atomic E-state index is 0.0678. The van der Waals surface area contributed by atoms with Gasteiger partial charge in [0.1, 0.15) is 5.82 Å². The van der Waals surface area contributed by atoms with E-state index in [9.17, 15) is 14.1 Å². The Balaban J connectivity index is 2.71. The molecule has 1 aromatic carbocycles. The minimum Gasteiger partial charge on any atom is -0.478 e. The summed E-state index contributed by atoms with van der Waals surface area (Å²) >= 11 is 0. The molecule has 114 valence electrons. The molecule has 2 rings (SSSR count). The van der Waals surface area contributed by atoms with Crippen molar-refractivity contribution in [1.29, 1.82) is 0 Å². The van der Waals surface area contributed by atoms with Crippen LogP contribution >= 0.6 is 0 Å². The van der Waals surface area contributed by atoms with E-state index >= 15 is 0 Å². The van der Waals surface area contributed by atoms with E-state index in [2.05, 4.69) is 4.98 Å². The molecule has 1 heterocycles. The predicted octanol–water partition coefficient (Wildman–Crippen LogP) is 2.62. The SMILES string of the molecule is CC(C)c1nc2cccc(C(=O)O)c2n1CC(C)S(C)=O. The predicted molar refractivity (Wildman–Crippen MR) is 84.3 cm³/mol. The lowest BCUT2D eigenvalue weighted by molar-refractivity contribution is 0.0698. The van der Waals surface area contributed by atoms with Gasteiger partial charge in [0.05, 0.1) is 16.6 Å². The fraction of sp³-hybridized carbons (Fsp3) is 0.467. The number of aromatic carboxylic acids is 1. The number of hydrogen-bond acceptors (Lipinski definition) is 3. The summed E-state index contributed by atoms with van der Waals surface area (Å²) in [6.07, 6.45) is 1.66. The van der Waals surface area contributed by atoms with Crippen molar-refractivity contribution in [2.24, 2.45) is 0 Å². The van der Waals surface area contributed by atoms with Crippen LogP contribution < -0.4 is 0 Å². The molecule has 0 aliphatic heterocycles. The number of carboxylic acid groups (broad SMARTS) is 1. The van der Waals surface area contributed by atoms with Gasteiger partial charge in [0.15, 0.2) is 0 Å². The number of aromatic nitrogens is 2. The molecule has 0 fully saturated rings. The molecule has 0 amide bonds. The van der Waals surface area contributed by atoms with E-state index in [-0.39, 0.29) is 16.7 Å². The van der Waals surface area contributed by atoms with Gasteiger partial charge < -0.3 is 9.67 Å². The quantitative estimate of drug-likeness (QED) is 0.921. The van der Waals surface area contributed by atoms with Crippen LogP contribution in [0.1, 0.15) is 42.9 Å². The van der Waals surface area contributed by atoms with E-state index < -0.39 is 16.8 Å². The maximum absolute atomic E-state index is 11.7. The summed E-state index contributed by atoms with van der Waals surface area (Å²) in [5, 5.41) is 9.33. The zero-order chi connectivity index (χ0) is 15.7. The molecule has 0 spiro atoms. The molecule has 2 unspecified atom stereocenters. The van der Waals surface area contributed by atoms with Gasteiger partial charge in [0.25, 0.3) is 0 Å². The van der Waals surface area contributed by atoms with Gasteiger partial charge in [-0.2, -0.15) is 0 Å². The van der Waals surface area contributed by atoms with Crippen LogP contribution in [0, 0.1) is 0 Å². The van der Waals surface area contributed by atoms with Gasteiger partial charge in [-0.3, -0.25) is 4.21 Å². The third-order valence-electron chi connectivity index (χ3n) is 3.55. The van der Waals surface area contributed by atoms with Crippen molar-refractivity contribution >= 4 is 27.8 Å². The lowest BCUT2D eigenvalue weighted by atomic mass is 10.1. The van der Waals surface area contributed by atoms with Crippen molar-refractivity contribution in [1.82, 2.24) is 9.55 Å². The maximum atomic E-state index is 11.7. The second-order valence-corrected chi connectivity index (χ2v) is 7.32. The first kappa shape index (κ1) is 15.7. The molecule has 6 heteroatoms. The highest BCUT2D eigenvalue weighted by Crippen LogP contribution is 2.25. The molecule has 2 atom stereocenters. The average Bonchev–Trinajstić information content (AvgIpc) is 2.77. The van der Waals surface area contributed by atoms with Gasteiger partial charge in [0.2, 0.25) is 0 Å². The molecule has 5 nitrogen and oxygen atoms in total. The maximum Gasteiger partial charge on any atom is 0.337 e. The topological polar surface area (TPSA) is 72.2 Å². The highest BCUT2D eigenvalue weighted by molar-refractivity contribution is 7.84. The summed E-state index contributed by atoms with van der Waals surface area (Å²) < 4.78 is 13.6. The van der Waals surface area contributed by atoms with E-state index in [0.717, 1.165) is 5.82 Å². The van der Waals surface area contributed by atoms with Crippen molar-refractivity contribution in [3.8, 4) is 0 Å². The standard InChI is InChI=1S/C15H20N2O3S/c1-9(2)14-16-12-7-5-6-11(15(18)19)13(12)17(14)8-10(3)21(4)20/h5-7,9-10H,8H2,1-4H3,(H,18,19). The van der Waals surface area contributed by atoms with Crippen LogP contribution in [0.2, 0.25) is 0 Å². The van der Waals surface area contributed by atoms with Crippen molar-refractivity contribution in [2.75, 3.05) is 6.26 Å². The van der Waals surface area contributed by atoms with Gasteiger partial charge >= 0.3 is 5.97 Å². The molecule has 21 heavy (non-hydrogen) atoms.